The van der Waals surface area contributed by atoms with E-state index in [1.54, 1.807) is 12.4 Å². The van der Waals surface area contributed by atoms with Crippen LogP contribution >= 0.6 is 22.6 Å². The van der Waals surface area contributed by atoms with Crippen molar-refractivity contribution >= 4 is 28.5 Å². The first-order chi connectivity index (χ1) is 8.66. The number of carbonyl (C=O) groups is 1. The van der Waals surface area contributed by atoms with Gasteiger partial charge in [-0.15, -0.1) is 0 Å². The first-order valence-electron chi connectivity index (χ1n) is 5.60. The van der Waals surface area contributed by atoms with E-state index in [1.165, 1.54) is 0 Å². The first-order valence-corrected chi connectivity index (χ1v) is 6.68. The third-order valence-electron chi connectivity index (χ3n) is 2.55. The van der Waals surface area contributed by atoms with Crippen LogP contribution in [0.4, 0.5) is 0 Å². The summed E-state index contributed by atoms with van der Waals surface area (Å²) in [5.74, 6) is -0.0525. The van der Waals surface area contributed by atoms with Gasteiger partial charge in [0.1, 0.15) is 0 Å². The van der Waals surface area contributed by atoms with Gasteiger partial charge in [-0.3, -0.25) is 9.78 Å². The molecule has 1 N–H and O–H groups in total. The normalized spacial score (nSPS) is 10.1. The second-order valence-corrected chi connectivity index (χ2v) is 5.19. The van der Waals surface area contributed by atoms with Gasteiger partial charge in [0.2, 0.25) is 0 Å². The first kappa shape index (κ1) is 13.0. The fourth-order valence-corrected chi connectivity index (χ4v) is 2.50. The van der Waals surface area contributed by atoms with Crippen LogP contribution in [-0.2, 0) is 6.54 Å². The zero-order valence-electron chi connectivity index (χ0n) is 9.98. The molecule has 18 heavy (non-hydrogen) atoms. The number of benzene rings is 1. The van der Waals surface area contributed by atoms with E-state index in [-0.39, 0.29) is 5.91 Å². The summed E-state index contributed by atoms with van der Waals surface area (Å²) < 4.78 is 0.969. The predicted molar refractivity (Wildman–Crippen MR) is 79.3 cm³/mol. The molecule has 92 valence electrons. The lowest BCUT2D eigenvalue weighted by Gasteiger charge is -2.07. The Balaban J connectivity index is 2.04. The molecule has 3 nitrogen and oxygen atoms in total. The molecule has 1 amide bonds. The molecule has 0 unspecified atom stereocenters. The third-order valence-corrected chi connectivity index (χ3v) is 3.44. The van der Waals surface area contributed by atoms with Crippen LogP contribution in [0.3, 0.4) is 0 Å². The summed E-state index contributed by atoms with van der Waals surface area (Å²) in [6.45, 7) is 2.51. The smallest absolute Gasteiger partial charge is 0.252 e. The zero-order valence-corrected chi connectivity index (χ0v) is 12.1. The number of hydrogen-bond donors (Lipinski definition) is 1. The topological polar surface area (TPSA) is 42.0 Å². The minimum atomic E-state index is -0.0525. The van der Waals surface area contributed by atoms with Crippen molar-refractivity contribution in [3.05, 3.63) is 63.0 Å². The molecule has 0 saturated carbocycles. The van der Waals surface area contributed by atoms with Crippen LogP contribution in [0.1, 0.15) is 21.5 Å². The SMILES string of the molecule is Cc1ccc(C(=O)NCc2cccnc2)c(I)c1. The van der Waals surface area contributed by atoms with Crippen LogP contribution in [0.25, 0.3) is 0 Å². The second kappa shape index (κ2) is 5.95. The molecule has 0 aliphatic rings. The van der Waals surface area contributed by atoms with E-state index in [2.05, 4.69) is 32.9 Å². The summed E-state index contributed by atoms with van der Waals surface area (Å²) in [5.41, 5.74) is 2.86. The van der Waals surface area contributed by atoms with E-state index in [0.29, 0.717) is 12.1 Å². The molecule has 0 radical (unpaired) electrons. The summed E-state index contributed by atoms with van der Waals surface area (Å²) in [7, 11) is 0. The molecule has 0 saturated heterocycles. The Kier molecular flexibility index (Phi) is 4.30. The Morgan fingerprint density at radius 3 is 2.89 bits per heavy atom. The monoisotopic (exact) mass is 352 g/mol. The number of halogens is 1. The minimum Gasteiger partial charge on any atom is -0.348 e. The molecule has 0 fully saturated rings. The Morgan fingerprint density at radius 1 is 1.39 bits per heavy atom. The summed E-state index contributed by atoms with van der Waals surface area (Å²) in [6.07, 6.45) is 3.47. The molecule has 1 aromatic carbocycles. The summed E-state index contributed by atoms with van der Waals surface area (Å²) in [4.78, 5) is 16.0. The van der Waals surface area contributed by atoms with Gasteiger partial charge < -0.3 is 5.32 Å². The van der Waals surface area contributed by atoms with Crippen LogP contribution in [0.2, 0.25) is 0 Å². The van der Waals surface area contributed by atoms with E-state index in [1.807, 2.05) is 37.3 Å². The van der Waals surface area contributed by atoms with Crippen molar-refractivity contribution < 1.29 is 4.79 Å². The van der Waals surface area contributed by atoms with Crippen molar-refractivity contribution in [2.45, 2.75) is 13.5 Å². The van der Waals surface area contributed by atoms with Gasteiger partial charge in [-0.2, -0.15) is 0 Å². The van der Waals surface area contributed by atoms with Crippen molar-refractivity contribution in [3.8, 4) is 0 Å². The number of carbonyl (C=O) groups excluding carboxylic acids is 1. The fourth-order valence-electron chi connectivity index (χ4n) is 1.58. The van der Waals surface area contributed by atoms with Crippen molar-refractivity contribution in [2.24, 2.45) is 0 Å². The quantitative estimate of drug-likeness (QED) is 0.864. The van der Waals surface area contributed by atoms with Gasteiger partial charge in [-0.1, -0.05) is 17.7 Å². The predicted octanol–water partition coefficient (Wildman–Crippen LogP) is 2.92. The lowest BCUT2D eigenvalue weighted by Crippen LogP contribution is -2.23. The highest BCUT2D eigenvalue weighted by atomic mass is 127. The molecular formula is C14H13IN2O. The molecule has 0 aliphatic carbocycles. The molecule has 0 spiro atoms. The third kappa shape index (κ3) is 3.29. The molecule has 0 atom stereocenters. The maximum Gasteiger partial charge on any atom is 0.252 e. The van der Waals surface area contributed by atoms with Crippen LogP contribution in [0.15, 0.2) is 42.7 Å². The molecule has 0 bridgehead atoms. The highest BCUT2D eigenvalue weighted by molar-refractivity contribution is 14.1. The second-order valence-electron chi connectivity index (χ2n) is 4.03. The Hall–Kier alpha value is -1.43. The molecule has 1 heterocycles. The largest absolute Gasteiger partial charge is 0.348 e. The number of aromatic nitrogens is 1. The molecule has 4 heteroatoms. The van der Waals surface area contributed by atoms with Gasteiger partial charge in [0.25, 0.3) is 5.91 Å². The standard InChI is InChI=1S/C14H13IN2O/c1-10-4-5-12(13(15)7-10)14(18)17-9-11-3-2-6-16-8-11/h2-8H,9H2,1H3,(H,17,18). The van der Waals surface area contributed by atoms with Gasteiger partial charge in [-0.05, 0) is 53.3 Å². The number of hydrogen-bond acceptors (Lipinski definition) is 2. The zero-order chi connectivity index (χ0) is 13.0. The van der Waals surface area contributed by atoms with Crippen molar-refractivity contribution in [2.75, 3.05) is 0 Å². The molecule has 2 rings (SSSR count). The number of amides is 1. The van der Waals surface area contributed by atoms with Gasteiger partial charge in [0, 0.05) is 22.5 Å². The maximum atomic E-state index is 12.0. The van der Waals surface area contributed by atoms with E-state index in [4.69, 9.17) is 0 Å². The highest BCUT2D eigenvalue weighted by Gasteiger charge is 2.09. The minimum absolute atomic E-state index is 0.0525. The highest BCUT2D eigenvalue weighted by Crippen LogP contribution is 2.14. The number of pyridine rings is 1. The number of nitrogens with zero attached hydrogens (tertiary/aromatic N) is 1. The van der Waals surface area contributed by atoms with E-state index in [0.717, 1.165) is 14.7 Å². The van der Waals surface area contributed by atoms with E-state index < -0.39 is 0 Å². The van der Waals surface area contributed by atoms with Gasteiger partial charge in [0.15, 0.2) is 0 Å². The molecule has 0 aliphatic heterocycles. The Morgan fingerprint density at radius 2 is 2.22 bits per heavy atom. The lowest BCUT2D eigenvalue weighted by atomic mass is 10.1. The van der Waals surface area contributed by atoms with E-state index in [9.17, 15) is 4.79 Å². The molecule has 2 aromatic rings. The van der Waals surface area contributed by atoms with Crippen molar-refractivity contribution in [3.63, 3.8) is 0 Å². The fraction of sp³-hybridized carbons (Fsp3) is 0.143. The maximum absolute atomic E-state index is 12.0. The van der Waals surface area contributed by atoms with Gasteiger partial charge >= 0.3 is 0 Å². The summed E-state index contributed by atoms with van der Waals surface area (Å²) >= 11 is 2.18. The van der Waals surface area contributed by atoms with Gasteiger partial charge in [-0.25, -0.2) is 0 Å². The van der Waals surface area contributed by atoms with Crippen LogP contribution in [0.5, 0.6) is 0 Å². The van der Waals surface area contributed by atoms with E-state index >= 15 is 0 Å². The lowest BCUT2D eigenvalue weighted by molar-refractivity contribution is 0.0950. The average Bonchev–Trinajstić information content (AvgIpc) is 2.37. The average molecular weight is 352 g/mol. The van der Waals surface area contributed by atoms with Crippen molar-refractivity contribution in [1.29, 1.82) is 0 Å². The Labute approximate surface area is 120 Å². The molecular weight excluding hydrogens is 339 g/mol. The van der Waals surface area contributed by atoms with Crippen molar-refractivity contribution in [1.82, 2.24) is 10.3 Å². The van der Waals surface area contributed by atoms with Crippen LogP contribution in [0, 0.1) is 10.5 Å². The van der Waals surface area contributed by atoms with Gasteiger partial charge in [0.05, 0.1) is 5.56 Å². The Bertz CT molecular complexity index is 555. The number of rotatable bonds is 3. The van der Waals surface area contributed by atoms with Crippen LogP contribution < -0.4 is 5.32 Å². The van der Waals surface area contributed by atoms with Crippen LogP contribution in [-0.4, -0.2) is 10.9 Å². The summed E-state index contributed by atoms with van der Waals surface area (Å²) in [6, 6.07) is 9.60. The number of aryl methyl sites for hydroxylation is 1. The molecule has 1 aromatic heterocycles. The summed E-state index contributed by atoms with van der Waals surface area (Å²) in [5, 5.41) is 2.89. The number of nitrogens with one attached hydrogen (secondary N) is 1.